The van der Waals surface area contributed by atoms with E-state index in [1.54, 1.807) is 0 Å². The summed E-state index contributed by atoms with van der Waals surface area (Å²) in [6, 6.07) is 4.26. The zero-order valence-electron chi connectivity index (χ0n) is 11.1. The van der Waals surface area contributed by atoms with Crippen LogP contribution in [0.25, 0.3) is 0 Å². The SMILES string of the molecule is c1cc(N2CCC3(CCCNCC3)CC2)ccn1. The van der Waals surface area contributed by atoms with Crippen LogP contribution in [0.3, 0.4) is 0 Å². The third-order valence-electron chi connectivity index (χ3n) is 4.74. The van der Waals surface area contributed by atoms with Crippen molar-refractivity contribution in [3.63, 3.8) is 0 Å². The van der Waals surface area contributed by atoms with Crippen molar-refractivity contribution < 1.29 is 0 Å². The van der Waals surface area contributed by atoms with Crippen molar-refractivity contribution in [2.75, 3.05) is 31.1 Å². The number of rotatable bonds is 1. The molecule has 3 nitrogen and oxygen atoms in total. The molecule has 2 aliphatic heterocycles. The fourth-order valence-corrected chi connectivity index (χ4v) is 3.49. The molecule has 0 aliphatic carbocycles. The van der Waals surface area contributed by atoms with Crippen LogP contribution < -0.4 is 10.2 Å². The minimum atomic E-state index is 0.632. The summed E-state index contributed by atoms with van der Waals surface area (Å²) in [5, 5.41) is 3.54. The fraction of sp³-hybridized carbons (Fsp3) is 0.667. The second kappa shape index (κ2) is 5.27. The molecule has 0 radical (unpaired) electrons. The van der Waals surface area contributed by atoms with Gasteiger partial charge >= 0.3 is 0 Å². The van der Waals surface area contributed by atoms with Gasteiger partial charge in [0, 0.05) is 31.2 Å². The zero-order valence-corrected chi connectivity index (χ0v) is 11.1. The van der Waals surface area contributed by atoms with Crippen LogP contribution in [-0.4, -0.2) is 31.2 Å². The molecule has 0 amide bonds. The maximum Gasteiger partial charge on any atom is 0.0397 e. The topological polar surface area (TPSA) is 28.2 Å². The third-order valence-corrected chi connectivity index (χ3v) is 4.74. The van der Waals surface area contributed by atoms with Crippen LogP contribution in [0.2, 0.25) is 0 Å². The Balaban J connectivity index is 1.63. The molecule has 1 aromatic heterocycles. The van der Waals surface area contributed by atoms with Crippen LogP contribution in [0.15, 0.2) is 24.5 Å². The summed E-state index contributed by atoms with van der Waals surface area (Å²) in [4.78, 5) is 6.62. The Labute approximate surface area is 110 Å². The summed E-state index contributed by atoms with van der Waals surface area (Å²) in [6.07, 6.45) is 10.7. The van der Waals surface area contributed by atoms with Gasteiger partial charge in [0.1, 0.15) is 0 Å². The van der Waals surface area contributed by atoms with Gasteiger partial charge in [0.2, 0.25) is 0 Å². The molecule has 2 fully saturated rings. The second-order valence-electron chi connectivity index (χ2n) is 5.80. The first-order chi connectivity index (χ1) is 8.88. The molecule has 1 aromatic rings. The lowest BCUT2D eigenvalue weighted by Crippen LogP contribution is -2.40. The Morgan fingerprint density at radius 2 is 1.78 bits per heavy atom. The molecule has 18 heavy (non-hydrogen) atoms. The lowest BCUT2D eigenvalue weighted by molar-refractivity contribution is 0.191. The molecule has 1 N–H and O–H groups in total. The van der Waals surface area contributed by atoms with Crippen molar-refractivity contribution in [3.05, 3.63) is 24.5 Å². The average molecular weight is 245 g/mol. The molecule has 0 atom stereocenters. The maximum absolute atomic E-state index is 4.10. The number of anilines is 1. The van der Waals surface area contributed by atoms with Crippen LogP contribution in [0.5, 0.6) is 0 Å². The largest absolute Gasteiger partial charge is 0.371 e. The van der Waals surface area contributed by atoms with Crippen molar-refractivity contribution in [2.24, 2.45) is 5.41 Å². The van der Waals surface area contributed by atoms with E-state index in [-0.39, 0.29) is 0 Å². The highest BCUT2D eigenvalue weighted by atomic mass is 15.1. The minimum Gasteiger partial charge on any atom is -0.371 e. The van der Waals surface area contributed by atoms with Gasteiger partial charge in [-0.05, 0) is 62.7 Å². The summed E-state index contributed by atoms with van der Waals surface area (Å²) in [5.41, 5.74) is 1.97. The van der Waals surface area contributed by atoms with E-state index in [0.29, 0.717) is 5.41 Å². The van der Waals surface area contributed by atoms with Crippen molar-refractivity contribution >= 4 is 5.69 Å². The first-order valence-electron chi connectivity index (χ1n) is 7.24. The van der Waals surface area contributed by atoms with Crippen molar-refractivity contribution in [3.8, 4) is 0 Å². The van der Waals surface area contributed by atoms with Crippen molar-refractivity contribution in [1.29, 1.82) is 0 Å². The van der Waals surface area contributed by atoms with Gasteiger partial charge in [-0.15, -0.1) is 0 Å². The van der Waals surface area contributed by atoms with Crippen molar-refractivity contribution in [1.82, 2.24) is 10.3 Å². The molecule has 0 unspecified atom stereocenters. The molecular formula is C15H23N3. The van der Waals surface area contributed by atoms with Gasteiger partial charge in [0.05, 0.1) is 0 Å². The zero-order chi connectivity index (χ0) is 12.3. The van der Waals surface area contributed by atoms with Gasteiger partial charge in [-0.3, -0.25) is 4.98 Å². The van der Waals surface area contributed by atoms with Crippen LogP contribution in [-0.2, 0) is 0 Å². The summed E-state index contributed by atoms with van der Waals surface area (Å²) < 4.78 is 0. The molecule has 3 heteroatoms. The summed E-state index contributed by atoms with van der Waals surface area (Å²) in [7, 11) is 0. The van der Waals surface area contributed by atoms with E-state index < -0.39 is 0 Å². The Morgan fingerprint density at radius 1 is 1.00 bits per heavy atom. The van der Waals surface area contributed by atoms with Gasteiger partial charge in [0.25, 0.3) is 0 Å². The smallest absolute Gasteiger partial charge is 0.0397 e. The standard InChI is InChI=1S/C15H23N3/c1-4-15(5-11-16-8-1)6-12-18(13-7-15)14-2-9-17-10-3-14/h2-3,9-10,16H,1,4-8,11-13H2. The normalized spacial score (nSPS) is 23.9. The Kier molecular flexibility index (Phi) is 3.50. The minimum absolute atomic E-state index is 0.632. The molecule has 0 bridgehead atoms. The first kappa shape index (κ1) is 12.0. The number of nitrogens with zero attached hydrogens (tertiary/aromatic N) is 2. The summed E-state index contributed by atoms with van der Waals surface area (Å²) in [5.74, 6) is 0. The van der Waals surface area contributed by atoms with Gasteiger partial charge in [-0.2, -0.15) is 0 Å². The van der Waals surface area contributed by atoms with E-state index in [0.717, 1.165) is 0 Å². The number of piperidine rings is 1. The van der Waals surface area contributed by atoms with Crippen LogP contribution in [0.1, 0.15) is 32.1 Å². The molecule has 0 saturated carbocycles. The van der Waals surface area contributed by atoms with Gasteiger partial charge in [-0.1, -0.05) is 0 Å². The predicted molar refractivity (Wildman–Crippen MR) is 74.8 cm³/mol. The Hall–Kier alpha value is -1.09. The number of hydrogen-bond donors (Lipinski definition) is 1. The van der Waals surface area contributed by atoms with E-state index in [2.05, 4.69) is 27.3 Å². The van der Waals surface area contributed by atoms with E-state index in [1.807, 2.05) is 12.4 Å². The molecule has 2 aliphatic rings. The van der Waals surface area contributed by atoms with Crippen LogP contribution in [0, 0.1) is 5.41 Å². The first-order valence-corrected chi connectivity index (χ1v) is 7.24. The van der Waals surface area contributed by atoms with E-state index in [9.17, 15) is 0 Å². The van der Waals surface area contributed by atoms with E-state index >= 15 is 0 Å². The highest BCUT2D eigenvalue weighted by Gasteiger charge is 2.34. The second-order valence-corrected chi connectivity index (χ2v) is 5.80. The molecule has 98 valence electrons. The fourth-order valence-electron chi connectivity index (χ4n) is 3.49. The lowest BCUT2D eigenvalue weighted by Gasteiger charge is -2.42. The summed E-state index contributed by atoms with van der Waals surface area (Å²) in [6.45, 7) is 4.86. The third kappa shape index (κ3) is 2.51. The Morgan fingerprint density at radius 3 is 2.56 bits per heavy atom. The monoisotopic (exact) mass is 245 g/mol. The number of pyridine rings is 1. The molecule has 0 aromatic carbocycles. The highest BCUT2D eigenvalue weighted by Crippen LogP contribution is 2.40. The van der Waals surface area contributed by atoms with E-state index in [4.69, 9.17) is 0 Å². The Bertz CT molecular complexity index is 359. The van der Waals surface area contributed by atoms with E-state index in [1.165, 1.54) is 64.0 Å². The van der Waals surface area contributed by atoms with Crippen LogP contribution >= 0.6 is 0 Å². The van der Waals surface area contributed by atoms with Gasteiger partial charge in [0.15, 0.2) is 0 Å². The number of hydrogen-bond acceptors (Lipinski definition) is 3. The number of aromatic nitrogens is 1. The predicted octanol–water partition coefficient (Wildman–Crippen LogP) is 2.44. The van der Waals surface area contributed by atoms with Crippen molar-refractivity contribution in [2.45, 2.75) is 32.1 Å². The van der Waals surface area contributed by atoms with Crippen LogP contribution in [0.4, 0.5) is 5.69 Å². The molecule has 1 spiro atoms. The molecule has 3 heterocycles. The average Bonchev–Trinajstić information content (AvgIpc) is 2.67. The number of nitrogens with one attached hydrogen (secondary N) is 1. The maximum atomic E-state index is 4.10. The lowest BCUT2D eigenvalue weighted by atomic mass is 9.73. The molecular weight excluding hydrogens is 222 g/mol. The molecule has 3 rings (SSSR count). The van der Waals surface area contributed by atoms with Gasteiger partial charge < -0.3 is 10.2 Å². The highest BCUT2D eigenvalue weighted by molar-refractivity contribution is 5.45. The summed E-state index contributed by atoms with van der Waals surface area (Å²) >= 11 is 0. The quantitative estimate of drug-likeness (QED) is 0.823. The molecule has 2 saturated heterocycles. The van der Waals surface area contributed by atoms with Gasteiger partial charge in [-0.25, -0.2) is 0 Å².